The van der Waals surface area contributed by atoms with Gasteiger partial charge in [-0.15, -0.1) is 0 Å². The van der Waals surface area contributed by atoms with E-state index >= 15 is 0 Å². The van der Waals surface area contributed by atoms with Gasteiger partial charge in [0.2, 0.25) is 11.9 Å². The molecule has 2 heterocycles. The van der Waals surface area contributed by atoms with E-state index < -0.39 is 0 Å². The van der Waals surface area contributed by atoms with Gasteiger partial charge in [0.05, 0.1) is 18.5 Å². The van der Waals surface area contributed by atoms with Gasteiger partial charge in [-0.25, -0.2) is 0 Å². The van der Waals surface area contributed by atoms with E-state index in [9.17, 15) is 0 Å². The van der Waals surface area contributed by atoms with E-state index in [1.54, 1.807) is 17.9 Å². The average molecular weight is 249 g/mol. The first-order valence-corrected chi connectivity index (χ1v) is 5.53. The third kappa shape index (κ3) is 2.84. The Labute approximate surface area is 104 Å². The fourth-order valence-electron chi connectivity index (χ4n) is 1.33. The Hall–Kier alpha value is -2.38. The van der Waals surface area contributed by atoms with Crippen molar-refractivity contribution in [3.8, 4) is 6.01 Å². The first-order chi connectivity index (χ1) is 8.71. The summed E-state index contributed by atoms with van der Waals surface area (Å²) in [7, 11) is 3.57. The molecule has 2 aromatic rings. The molecule has 0 aliphatic rings. The molecule has 0 spiro atoms. The lowest BCUT2D eigenvalue weighted by molar-refractivity contribution is 0.312. The molecule has 0 aromatic carbocycles. The Balaban J connectivity index is 2.23. The maximum absolute atomic E-state index is 5.27. The quantitative estimate of drug-likeness (QED) is 0.809. The van der Waals surface area contributed by atoms with Crippen molar-refractivity contribution in [1.29, 1.82) is 0 Å². The van der Waals surface area contributed by atoms with Crippen LogP contribution < -0.4 is 15.4 Å². The molecule has 0 saturated heterocycles. The zero-order valence-corrected chi connectivity index (χ0v) is 10.5. The lowest BCUT2D eigenvalue weighted by Crippen LogP contribution is -2.06. The number of nitrogens with one attached hydrogen (secondary N) is 2. The van der Waals surface area contributed by atoms with Crippen LogP contribution in [0.4, 0.5) is 17.6 Å². The van der Waals surface area contributed by atoms with Gasteiger partial charge in [0.15, 0.2) is 0 Å². The smallest absolute Gasteiger partial charge is 0.323 e. The van der Waals surface area contributed by atoms with Crippen LogP contribution >= 0.6 is 0 Å². The summed E-state index contributed by atoms with van der Waals surface area (Å²) in [5.41, 5.74) is 0.799. The fourth-order valence-corrected chi connectivity index (χ4v) is 1.33. The number of anilines is 3. The number of aryl methyl sites for hydroxylation is 1. The summed E-state index contributed by atoms with van der Waals surface area (Å²) in [5, 5.41) is 9.94. The second-order valence-corrected chi connectivity index (χ2v) is 3.48. The summed E-state index contributed by atoms with van der Waals surface area (Å²) >= 11 is 0. The van der Waals surface area contributed by atoms with Crippen molar-refractivity contribution in [2.24, 2.45) is 7.05 Å². The minimum absolute atomic E-state index is 0.281. The molecule has 0 fully saturated rings. The summed E-state index contributed by atoms with van der Waals surface area (Å²) in [6, 6.07) is 0.281. The summed E-state index contributed by atoms with van der Waals surface area (Å²) in [6.07, 6.45) is 3.51. The summed E-state index contributed by atoms with van der Waals surface area (Å²) in [6.45, 7) is 2.37. The number of rotatable bonds is 5. The predicted molar refractivity (Wildman–Crippen MR) is 67.0 cm³/mol. The molecular weight excluding hydrogens is 234 g/mol. The van der Waals surface area contributed by atoms with E-state index in [4.69, 9.17) is 4.74 Å². The Morgan fingerprint density at radius 2 is 2.06 bits per heavy atom. The third-order valence-corrected chi connectivity index (χ3v) is 2.07. The highest BCUT2D eigenvalue weighted by atomic mass is 16.5. The fraction of sp³-hybridized carbons (Fsp3) is 0.400. The Bertz CT molecular complexity index is 525. The lowest BCUT2D eigenvalue weighted by Gasteiger charge is -2.07. The topological polar surface area (TPSA) is 89.8 Å². The molecule has 8 nitrogen and oxygen atoms in total. The first kappa shape index (κ1) is 12.1. The third-order valence-electron chi connectivity index (χ3n) is 2.07. The Morgan fingerprint density at radius 1 is 1.28 bits per heavy atom. The molecule has 0 amide bonds. The van der Waals surface area contributed by atoms with Gasteiger partial charge in [0.1, 0.15) is 0 Å². The molecule has 0 saturated carbocycles. The van der Waals surface area contributed by atoms with Crippen molar-refractivity contribution in [1.82, 2.24) is 24.7 Å². The van der Waals surface area contributed by atoms with Crippen LogP contribution in [-0.4, -0.2) is 38.4 Å². The number of ether oxygens (including phenoxy) is 1. The molecule has 2 N–H and O–H groups in total. The van der Waals surface area contributed by atoms with E-state index in [0.29, 0.717) is 18.5 Å². The zero-order chi connectivity index (χ0) is 13.0. The zero-order valence-electron chi connectivity index (χ0n) is 10.5. The van der Waals surface area contributed by atoms with Gasteiger partial charge >= 0.3 is 6.01 Å². The van der Waals surface area contributed by atoms with Crippen LogP contribution in [0.15, 0.2) is 12.4 Å². The maximum Gasteiger partial charge on any atom is 0.323 e. The molecule has 0 bridgehead atoms. The highest BCUT2D eigenvalue weighted by Gasteiger charge is 2.07. The van der Waals surface area contributed by atoms with Gasteiger partial charge in [0.25, 0.3) is 0 Å². The van der Waals surface area contributed by atoms with Gasteiger partial charge in [-0.05, 0) is 6.92 Å². The molecule has 8 heteroatoms. The highest BCUT2D eigenvalue weighted by Crippen LogP contribution is 2.15. The van der Waals surface area contributed by atoms with Crippen LogP contribution in [0.3, 0.4) is 0 Å². The van der Waals surface area contributed by atoms with Crippen molar-refractivity contribution >= 4 is 17.6 Å². The van der Waals surface area contributed by atoms with Crippen LogP contribution in [0.25, 0.3) is 0 Å². The van der Waals surface area contributed by atoms with Gasteiger partial charge in [-0.2, -0.15) is 20.1 Å². The standard InChI is InChI=1S/C10H15N7O/c1-4-18-10-15-8(11-2)14-9(16-10)13-7-5-12-17(3)6-7/h5-6H,4H2,1-3H3,(H2,11,13,14,15,16). The van der Waals surface area contributed by atoms with Crippen molar-refractivity contribution in [2.45, 2.75) is 6.92 Å². The number of aromatic nitrogens is 5. The van der Waals surface area contributed by atoms with Crippen LogP contribution in [0.5, 0.6) is 6.01 Å². The minimum atomic E-state index is 0.281. The summed E-state index contributed by atoms with van der Waals surface area (Å²) in [4.78, 5) is 12.4. The normalized spacial score (nSPS) is 10.2. The monoisotopic (exact) mass is 249 g/mol. The van der Waals surface area contributed by atoms with Crippen LogP contribution in [0, 0.1) is 0 Å². The highest BCUT2D eigenvalue weighted by molar-refractivity contribution is 5.51. The summed E-state index contributed by atoms with van der Waals surface area (Å²) < 4.78 is 6.96. The van der Waals surface area contributed by atoms with Crippen molar-refractivity contribution in [3.05, 3.63) is 12.4 Å². The van der Waals surface area contributed by atoms with Crippen molar-refractivity contribution in [3.63, 3.8) is 0 Å². The second-order valence-electron chi connectivity index (χ2n) is 3.48. The molecule has 96 valence electrons. The molecule has 0 aliphatic heterocycles. The van der Waals surface area contributed by atoms with E-state index in [2.05, 4.69) is 30.7 Å². The van der Waals surface area contributed by atoms with E-state index in [1.165, 1.54) is 0 Å². The SMILES string of the molecule is CCOc1nc(NC)nc(Nc2cnn(C)c2)n1. The van der Waals surface area contributed by atoms with Crippen LogP contribution in [-0.2, 0) is 7.05 Å². The molecular formula is C10H15N7O. The minimum Gasteiger partial charge on any atom is -0.464 e. The van der Waals surface area contributed by atoms with Gasteiger partial charge in [-0.1, -0.05) is 0 Å². The molecule has 0 aliphatic carbocycles. The Kier molecular flexibility index (Phi) is 3.56. The van der Waals surface area contributed by atoms with Gasteiger partial charge in [-0.3, -0.25) is 4.68 Å². The number of hydrogen-bond donors (Lipinski definition) is 2. The summed E-state index contributed by atoms with van der Waals surface area (Å²) in [5.74, 6) is 0.852. The molecule has 18 heavy (non-hydrogen) atoms. The average Bonchev–Trinajstić information content (AvgIpc) is 2.75. The van der Waals surface area contributed by atoms with Crippen LogP contribution in [0.2, 0.25) is 0 Å². The van der Waals surface area contributed by atoms with Crippen LogP contribution in [0.1, 0.15) is 6.92 Å². The lowest BCUT2D eigenvalue weighted by atomic mass is 10.6. The molecule has 2 rings (SSSR count). The van der Waals surface area contributed by atoms with E-state index in [0.717, 1.165) is 5.69 Å². The largest absolute Gasteiger partial charge is 0.464 e. The van der Waals surface area contributed by atoms with E-state index in [1.807, 2.05) is 20.2 Å². The van der Waals surface area contributed by atoms with Crippen molar-refractivity contribution in [2.75, 3.05) is 24.3 Å². The van der Waals surface area contributed by atoms with Gasteiger partial charge in [0, 0.05) is 20.3 Å². The molecule has 0 radical (unpaired) electrons. The molecule has 0 unspecified atom stereocenters. The second kappa shape index (κ2) is 5.30. The molecule has 0 atom stereocenters. The predicted octanol–water partition coefficient (Wildman–Crippen LogP) is 0.789. The van der Waals surface area contributed by atoms with Gasteiger partial charge < -0.3 is 15.4 Å². The molecule has 2 aromatic heterocycles. The maximum atomic E-state index is 5.27. The number of hydrogen-bond acceptors (Lipinski definition) is 7. The number of nitrogens with zero attached hydrogens (tertiary/aromatic N) is 5. The Morgan fingerprint density at radius 3 is 2.67 bits per heavy atom. The first-order valence-electron chi connectivity index (χ1n) is 5.53. The van der Waals surface area contributed by atoms with E-state index in [-0.39, 0.29) is 6.01 Å². The van der Waals surface area contributed by atoms with Crippen molar-refractivity contribution < 1.29 is 4.74 Å².